The molecule has 0 fully saturated rings. The van der Waals surface area contributed by atoms with E-state index in [1.54, 1.807) is 0 Å². The Kier molecular flexibility index (Phi) is 52800. The van der Waals surface area contributed by atoms with Gasteiger partial charge in [0.1, 0.15) is 0 Å². The topological polar surface area (TPSA) is 0 Å². The third-order valence-corrected chi connectivity index (χ3v) is 0. The summed E-state index contributed by atoms with van der Waals surface area (Å²) in [7, 11) is 0. The Hall–Kier alpha value is 1.38. The molecule has 0 aromatic rings. The molecule has 0 heterocycles. The predicted molar refractivity (Wildman–Crippen MR) is 121 cm³/mol. The Morgan fingerprint density at radius 3 is 0.227 bits per heavy atom. The Morgan fingerprint density at radius 1 is 0.227 bits per heavy atom. The molecular formula is C20H66W2-2. The summed E-state index contributed by atoms with van der Waals surface area (Å²) >= 11 is 0. The van der Waals surface area contributed by atoms with Crippen LogP contribution in [0.3, 0.4) is 0 Å². The molecule has 160 valence electrons. The zero-order chi connectivity index (χ0) is 12.0. The zero-order valence-corrected chi connectivity index (χ0v) is 20.7. The van der Waals surface area contributed by atoms with Crippen molar-refractivity contribution in [1.82, 2.24) is 0 Å². The monoisotopic (exact) mass is 674 g/mol. The van der Waals surface area contributed by atoms with Crippen LogP contribution in [0, 0.1) is 14.9 Å². The van der Waals surface area contributed by atoms with Gasteiger partial charge < -0.3 is 14.9 Å². The van der Waals surface area contributed by atoms with E-state index in [0.717, 1.165) is 0 Å². The first-order valence-corrected chi connectivity index (χ1v) is 6.00. The summed E-state index contributed by atoms with van der Waals surface area (Å²) < 4.78 is 0. The van der Waals surface area contributed by atoms with Gasteiger partial charge in [-0.3, -0.25) is 0 Å². The van der Waals surface area contributed by atoms with E-state index in [0.29, 0.717) is 0 Å². The van der Waals surface area contributed by atoms with Gasteiger partial charge in [-0.25, -0.2) is 0 Å². The maximum Gasteiger partial charge on any atom is 0 e. The van der Waals surface area contributed by atoms with Crippen molar-refractivity contribution in [3.63, 3.8) is 0 Å². The molecule has 0 saturated heterocycles. The van der Waals surface area contributed by atoms with E-state index in [1.807, 2.05) is 83.1 Å². The van der Waals surface area contributed by atoms with E-state index in [9.17, 15) is 0 Å². The first kappa shape index (κ1) is 215. The van der Waals surface area contributed by atoms with E-state index in [2.05, 4.69) is 0 Å². The minimum absolute atomic E-state index is 0. The van der Waals surface area contributed by atoms with Gasteiger partial charge in [-0.15, -0.1) is 0 Å². The van der Waals surface area contributed by atoms with Crippen LogP contribution in [0.1, 0.15) is 128 Å². The van der Waals surface area contributed by atoms with Crippen molar-refractivity contribution in [3.8, 4) is 0 Å². The van der Waals surface area contributed by atoms with Gasteiger partial charge >= 0.3 is 0 Å². The molecule has 0 radical (unpaired) electrons. The summed E-state index contributed by atoms with van der Waals surface area (Å²) in [5, 5.41) is 0. The summed E-state index contributed by atoms with van der Waals surface area (Å²) in [6, 6.07) is 0. The molecule has 0 saturated carbocycles. The molecule has 0 nitrogen and oxygen atoms in total. The van der Waals surface area contributed by atoms with Gasteiger partial charge in [-0.05, 0) is 0 Å². The Bertz CT molecular complexity index is 9.67. The summed E-state index contributed by atoms with van der Waals surface area (Å²) in [5.74, 6) is 0. The molecule has 0 N–H and O–H groups in total. The standard InChI is InChI=1S/6C2H6.6CH4.2CH3.2W/c6*1-2;;;;;;;;;;/h6*1-2H3;6*1H4;2*1H3;;/q;;;;;;;;;;;;2*-1;;. The maximum atomic E-state index is 2.00. The van der Waals surface area contributed by atoms with Gasteiger partial charge in [0, 0.05) is 42.1 Å². The molecular weight excluding hydrogens is 608 g/mol. The molecule has 0 rings (SSSR count). The normalized spacial score (nSPS) is 1.64. The van der Waals surface area contributed by atoms with Crippen molar-refractivity contribution in [2.24, 2.45) is 0 Å². The number of rotatable bonds is 0. The van der Waals surface area contributed by atoms with E-state index in [1.165, 1.54) is 0 Å². The second-order valence-electron chi connectivity index (χ2n) is 0. The van der Waals surface area contributed by atoms with Crippen molar-refractivity contribution >= 4 is 0 Å². The smallest absolute Gasteiger partial charge is 0 e. The number of hydrogen-bond donors (Lipinski definition) is 0. The van der Waals surface area contributed by atoms with Gasteiger partial charge in [0.25, 0.3) is 0 Å². The van der Waals surface area contributed by atoms with Crippen molar-refractivity contribution in [1.29, 1.82) is 0 Å². The molecule has 0 bridgehead atoms. The van der Waals surface area contributed by atoms with Gasteiger partial charge in [-0.2, -0.15) is 0 Å². The van der Waals surface area contributed by atoms with Gasteiger partial charge in [0.15, 0.2) is 0 Å². The summed E-state index contributed by atoms with van der Waals surface area (Å²) in [4.78, 5) is 0. The van der Waals surface area contributed by atoms with E-state index < -0.39 is 0 Å². The largest absolute Gasteiger partial charge is 0.358 e. The van der Waals surface area contributed by atoms with Crippen LogP contribution in [0.15, 0.2) is 0 Å². The fraction of sp³-hybridized carbons (Fsp3) is 0.900. The molecule has 22 heavy (non-hydrogen) atoms. The molecule has 0 spiro atoms. The van der Waals surface area contributed by atoms with Crippen LogP contribution >= 0.6 is 0 Å². The Balaban J connectivity index is -0.00000000129. The fourth-order valence-corrected chi connectivity index (χ4v) is 0. The average Bonchev–Trinajstić information content (AvgIpc) is 2.33. The van der Waals surface area contributed by atoms with Crippen molar-refractivity contribution in [2.45, 2.75) is 128 Å². The molecule has 0 aliphatic carbocycles. The third-order valence-electron chi connectivity index (χ3n) is 0. The molecule has 2 heteroatoms. The SMILES string of the molecule is C.C.C.C.C.C.CC.CC.CC.CC.CC.CC.[CH3-].[CH3-].[W].[W]. The molecule has 0 atom stereocenters. The summed E-state index contributed by atoms with van der Waals surface area (Å²) in [6.45, 7) is 24.0. The van der Waals surface area contributed by atoms with Crippen LogP contribution in [0.25, 0.3) is 0 Å². The first-order valence-electron chi connectivity index (χ1n) is 6.00. The summed E-state index contributed by atoms with van der Waals surface area (Å²) in [6.07, 6.45) is 0. The van der Waals surface area contributed by atoms with Crippen LogP contribution in [0.2, 0.25) is 0 Å². The van der Waals surface area contributed by atoms with Gasteiger partial charge in [-0.1, -0.05) is 128 Å². The van der Waals surface area contributed by atoms with Crippen LogP contribution in [-0.4, -0.2) is 0 Å². The Labute approximate surface area is 184 Å². The molecule has 0 aromatic heterocycles. The van der Waals surface area contributed by atoms with Crippen molar-refractivity contribution in [3.05, 3.63) is 14.9 Å². The predicted octanol–water partition coefficient (Wildman–Crippen LogP) is 10.9. The molecule has 0 aliphatic rings. The third kappa shape index (κ3) is 4680. The van der Waals surface area contributed by atoms with Crippen LogP contribution in [0.4, 0.5) is 0 Å². The quantitative estimate of drug-likeness (QED) is 0.225. The first-order chi connectivity index (χ1) is 6.00. The Morgan fingerprint density at radius 2 is 0.227 bits per heavy atom. The molecule has 0 unspecified atom stereocenters. The second-order valence-corrected chi connectivity index (χ2v) is 0. The van der Waals surface area contributed by atoms with E-state index in [-0.39, 0.29) is 102 Å². The summed E-state index contributed by atoms with van der Waals surface area (Å²) in [5.41, 5.74) is 0. The van der Waals surface area contributed by atoms with Crippen molar-refractivity contribution < 1.29 is 42.1 Å². The molecule has 0 aromatic carbocycles. The van der Waals surface area contributed by atoms with Crippen LogP contribution in [-0.2, 0) is 42.1 Å². The minimum atomic E-state index is 0. The minimum Gasteiger partial charge on any atom is -0.358 e. The molecule has 0 amide bonds. The average molecular weight is 674 g/mol. The van der Waals surface area contributed by atoms with Crippen LogP contribution in [0.5, 0.6) is 0 Å². The van der Waals surface area contributed by atoms with Gasteiger partial charge in [0.05, 0.1) is 0 Å². The fourth-order valence-electron chi connectivity index (χ4n) is 0. The van der Waals surface area contributed by atoms with E-state index >= 15 is 0 Å². The molecule has 0 aliphatic heterocycles. The zero-order valence-electron chi connectivity index (χ0n) is 14.8. The second kappa shape index (κ2) is 5400. The van der Waals surface area contributed by atoms with E-state index in [4.69, 9.17) is 0 Å². The maximum absolute atomic E-state index is 2.00. The van der Waals surface area contributed by atoms with Crippen LogP contribution < -0.4 is 0 Å². The van der Waals surface area contributed by atoms with Gasteiger partial charge in [0.2, 0.25) is 0 Å². The number of hydrogen-bond acceptors (Lipinski definition) is 0. The van der Waals surface area contributed by atoms with Crippen molar-refractivity contribution in [2.75, 3.05) is 0 Å².